The number of amidine groups is 1. The summed E-state index contributed by atoms with van der Waals surface area (Å²) in [6.07, 6.45) is 0. The Balaban J connectivity index is 1.86. The van der Waals surface area contributed by atoms with Crippen LogP contribution in [0.3, 0.4) is 0 Å². The van der Waals surface area contributed by atoms with E-state index in [0.717, 1.165) is 26.5 Å². The van der Waals surface area contributed by atoms with Gasteiger partial charge in [0.25, 0.3) is 0 Å². The van der Waals surface area contributed by atoms with E-state index in [2.05, 4.69) is 26.2 Å². The van der Waals surface area contributed by atoms with Gasteiger partial charge in [0.1, 0.15) is 0 Å². The highest BCUT2D eigenvalue weighted by molar-refractivity contribution is 9.10. The van der Waals surface area contributed by atoms with E-state index >= 15 is 0 Å². The van der Waals surface area contributed by atoms with Crippen molar-refractivity contribution >= 4 is 56.1 Å². The summed E-state index contributed by atoms with van der Waals surface area (Å²) in [5, 5.41) is 3.58. The molecular weight excluding hydrogens is 472 g/mol. The van der Waals surface area contributed by atoms with E-state index in [1.807, 2.05) is 62.4 Å². The first-order valence-corrected chi connectivity index (χ1v) is 11.2. The lowest BCUT2D eigenvalue weighted by atomic mass is 9.93. The molecule has 0 aromatic heterocycles. The minimum Gasteiger partial charge on any atom is -0.463 e. The van der Waals surface area contributed by atoms with Crippen LogP contribution in [0.25, 0.3) is 5.70 Å². The third-order valence-corrected chi connectivity index (χ3v) is 6.31. The molecule has 4 nitrogen and oxygen atoms in total. The molecule has 148 valence electrons. The Hall–Kier alpha value is -2.02. The zero-order valence-corrected chi connectivity index (χ0v) is 19.0. The number of nitrogens with zero attached hydrogens (tertiary/aromatic N) is 2. The topological polar surface area (TPSA) is 41.9 Å². The predicted octanol–water partition coefficient (Wildman–Crippen LogP) is 6.40. The number of hydrogen-bond donors (Lipinski definition) is 0. The highest BCUT2D eigenvalue weighted by atomic mass is 79.9. The van der Waals surface area contributed by atoms with E-state index in [-0.39, 0.29) is 12.0 Å². The van der Waals surface area contributed by atoms with Crippen molar-refractivity contribution < 1.29 is 9.53 Å². The van der Waals surface area contributed by atoms with Gasteiger partial charge in [0.05, 0.1) is 29.6 Å². The molecule has 0 amide bonds. The molecule has 0 N–H and O–H groups in total. The summed E-state index contributed by atoms with van der Waals surface area (Å²) >= 11 is 11.2. The van der Waals surface area contributed by atoms with Gasteiger partial charge in [0, 0.05) is 14.9 Å². The van der Waals surface area contributed by atoms with Crippen LogP contribution in [0.2, 0.25) is 5.02 Å². The van der Waals surface area contributed by atoms with E-state index < -0.39 is 0 Å². The summed E-state index contributed by atoms with van der Waals surface area (Å²) in [6, 6.07) is 15.3. The molecule has 0 saturated carbocycles. The second kappa shape index (κ2) is 8.38. The number of halogens is 2. The molecule has 4 rings (SSSR count). The Kier molecular flexibility index (Phi) is 5.86. The van der Waals surface area contributed by atoms with Crippen molar-refractivity contribution in [2.75, 3.05) is 6.61 Å². The van der Waals surface area contributed by atoms with Crippen molar-refractivity contribution in [1.29, 1.82) is 0 Å². The molecular formula is C22H18BrClN2O2S. The molecule has 2 aromatic carbocycles. The predicted molar refractivity (Wildman–Crippen MR) is 123 cm³/mol. The number of carbonyl (C=O) groups is 1. The van der Waals surface area contributed by atoms with E-state index in [0.29, 0.717) is 22.9 Å². The monoisotopic (exact) mass is 488 g/mol. The molecule has 2 heterocycles. The number of carbonyl (C=O) groups excluding carboxylic acids is 1. The van der Waals surface area contributed by atoms with Crippen molar-refractivity contribution in [3.8, 4) is 0 Å². The van der Waals surface area contributed by atoms with E-state index in [1.54, 1.807) is 11.8 Å². The number of fused-ring (bicyclic) bond motifs is 1. The van der Waals surface area contributed by atoms with Crippen LogP contribution in [0.1, 0.15) is 31.0 Å². The smallest absolute Gasteiger partial charge is 0.338 e. The maximum atomic E-state index is 12.9. The Morgan fingerprint density at radius 2 is 2.03 bits per heavy atom. The van der Waals surface area contributed by atoms with E-state index in [4.69, 9.17) is 21.3 Å². The minimum absolute atomic E-state index is 0.312. The van der Waals surface area contributed by atoms with Crippen LogP contribution in [0.4, 0.5) is 0 Å². The van der Waals surface area contributed by atoms with Crippen molar-refractivity contribution in [1.82, 2.24) is 4.90 Å². The van der Waals surface area contributed by atoms with Crippen LogP contribution in [0.5, 0.6) is 0 Å². The lowest BCUT2D eigenvalue weighted by Gasteiger charge is -2.36. The molecule has 0 spiro atoms. The molecule has 29 heavy (non-hydrogen) atoms. The zero-order chi connectivity index (χ0) is 20.5. The number of hydrogen-bond acceptors (Lipinski definition) is 5. The zero-order valence-electron chi connectivity index (χ0n) is 15.9. The fraction of sp³-hybridized carbons (Fsp3) is 0.182. The van der Waals surface area contributed by atoms with Gasteiger partial charge in [-0.25, -0.2) is 9.79 Å². The van der Waals surface area contributed by atoms with Gasteiger partial charge in [-0.05, 0) is 49.2 Å². The number of benzene rings is 2. The molecule has 0 unspecified atom stereocenters. The molecule has 7 heteroatoms. The van der Waals surface area contributed by atoms with E-state index in [9.17, 15) is 4.79 Å². The Morgan fingerprint density at radius 3 is 2.72 bits per heavy atom. The second-order valence-electron chi connectivity index (χ2n) is 6.57. The fourth-order valence-electron chi connectivity index (χ4n) is 3.47. The summed E-state index contributed by atoms with van der Waals surface area (Å²) in [7, 11) is 0. The van der Waals surface area contributed by atoms with Gasteiger partial charge in [-0.3, -0.25) is 0 Å². The van der Waals surface area contributed by atoms with Crippen molar-refractivity contribution in [2.24, 2.45) is 4.99 Å². The van der Waals surface area contributed by atoms with Gasteiger partial charge in [0.2, 0.25) is 0 Å². The maximum absolute atomic E-state index is 12.9. The summed E-state index contributed by atoms with van der Waals surface area (Å²) in [4.78, 5) is 19.7. The number of rotatable bonds is 4. The number of esters is 1. The standard InChI is InChI=1S/C22H18BrClN2O2S/c1-3-28-21(27)19-13(2)25-22-26(20(19)15-5-4-6-16(23)11-15)18(12-29-22)14-7-9-17(24)10-8-14/h4-12,20H,3H2,1-2H3/t20-/m1/s1. The van der Waals surface area contributed by atoms with Gasteiger partial charge in [-0.1, -0.05) is 63.6 Å². The Morgan fingerprint density at radius 1 is 1.28 bits per heavy atom. The molecule has 0 fully saturated rings. The summed E-state index contributed by atoms with van der Waals surface area (Å²) in [5.74, 6) is -0.342. The second-order valence-corrected chi connectivity index (χ2v) is 8.76. The fourth-order valence-corrected chi connectivity index (χ4v) is 4.99. The number of allylic oxidation sites excluding steroid dienone is 1. The van der Waals surface area contributed by atoms with Gasteiger partial charge in [0.15, 0.2) is 5.17 Å². The van der Waals surface area contributed by atoms with Gasteiger partial charge >= 0.3 is 5.97 Å². The third kappa shape index (κ3) is 3.89. The average molecular weight is 490 g/mol. The normalized spacial score (nSPS) is 18.3. The Labute approximate surface area is 187 Å². The van der Waals surface area contributed by atoms with Crippen molar-refractivity contribution in [3.63, 3.8) is 0 Å². The summed E-state index contributed by atoms with van der Waals surface area (Å²) < 4.78 is 6.34. The first kappa shape index (κ1) is 20.3. The average Bonchev–Trinajstić information content (AvgIpc) is 3.11. The van der Waals surface area contributed by atoms with Gasteiger partial charge < -0.3 is 9.64 Å². The Bertz CT molecular complexity index is 1060. The van der Waals surface area contributed by atoms with Crippen LogP contribution >= 0.6 is 39.3 Å². The summed E-state index contributed by atoms with van der Waals surface area (Å²) in [5.41, 5.74) is 4.20. The molecule has 1 atom stereocenters. The van der Waals surface area contributed by atoms with E-state index in [1.165, 1.54) is 0 Å². The number of ether oxygens (including phenoxy) is 1. The number of aliphatic imine (C=N–C) groups is 1. The third-order valence-electron chi connectivity index (χ3n) is 4.73. The van der Waals surface area contributed by atoms with Gasteiger partial charge in [-0.15, -0.1) is 0 Å². The largest absolute Gasteiger partial charge is 0.463 e. The van der Waals surface area contributed by atoms with Crippen molar-refractivity contribution in [2.45, 2.75) is 19.9 Å². The summed E-state index contributed by atoms with van der Waals surface area (Å²) in [6.45, 7) is 3.98. The number of thioether (sulfide) groups is 1. The molecule has 0 saturated heterocycles. The van der Waals surface area contributed by atoms with Crippen LogP contribution in [-0.2, 0) is 9.53 Å². The van der Waals surface area contributed by atoms with Crippen LogP contribution in [0.15, 0.2) is 74.7 Å². The van der Waals surface area contributed by atoms with Crippen molar-refractivity contribution in [3.05, 3.63) is 85.8 Å². The molecule has 2 aliphatic heterocycles. The molecule has 0 bridgehead atoms. The highest BCUT2D eigenvalue weighted by Crippen LogP contribution is 2.47. The maximum Gasteiger partial charge on any atom is 0.338 e. The molecule has 2 aromatic rings. The van der Waals surface area contributed by atoms with Crippen LogP contribution < -0.4 is 0 Å². The first-order valence-electron chi connectivity index (χ1n) is 9.13. The quantitative estimate of drug-likeness (QED) is 0.466. The first-order chi connectivity index (χ1) is 14.0. The minimum atomic E-state index is -0.342. The highest BCUT2D eigenvalue weighted by Gasteiger charge is 2.41. The van der Waals surface area contributed by atoms with Gasteiger partial charge in [-0.2, -0.15) is 0 Å². The molecule has 2 aliphatic rings. The van der Waals surface area contributed by atoms with Crippen LogP contribution in [0, 0.1) is 0 Å². The molecule has 0 radical (unpaired) electrons. The lowest BCUT2D eigenvalue weighted by molar-refractivity contribution is -0.139. The van der Waals surface area contributed by atoms with Crippen LogP contribution in [-0.4, -0.2) is 22.6 Å². The SMILES string of the molecule is CCOC(=O)C1=C(C)N=C2SC=C(c3ccc(Cl)cc3)N2[C@@H]1c1cccc(Br)c1. The molecule has 0 aliphatic carbocycles. The lowest BCUT2D eigenvalue weighted by Crippen LogP contribution is -2.36.